The van der Waals surface area contributed by atoms with Crippen LogP contribution in [0, 0.1) is 11.3 Å². The number of carbonyl (C=O) groups is 2. The standard InChI is InChI=1S/C16H25N5O3/c1-19(2)14-17-7-12(20(14)3)8-18-15(24)21-9-11-5-4-6-16(11,10-21)13(22)23/h7,11H,4-6,8-10H2,1-3H3,(H,18,24)(H,22,23)/t11-,16+/m0/s1. The lowest BCUT2D eigenvalue weighted by Gasteiger charge is -2.23. The fourth-order valence-corrected chi connectivity index (χ4v) is 4.09. The van der Waals surface area contributed by atoms with Crippen LogP contribution < -0.4 is 10.2 Å². The maximum absolute atomic E-state index is 12.4. The average molecular weight is 335 g/mol. The summed E-state index contributed by atoms with van der Waals surface area (Å²) in [6.07, 6.45) is 4.25. The van der Waals surface area contributed by atoms with Crippen molar-refractivity contribution in [1.82, 2.24) is 19.8 Å². The molecule has 1 saturated carbocycles. The number of amides is 2. The molecule has 2 atom stereocenters. The minimum Gasteiger partial charge on any atom is -0.481 e. The molecule has 2 amide bonds. The lowest BCUT2D eigenvalue weighted by molar-refractivity contribution is -0.149. The molecule has 0 bridgehead atoms. The second-order valence-electron chi connectivity index (χ2n) is 7.09. The van der Waals surface area contributed by atoms with Crippen LogP contribution in [0.3, 0.4) is 0 Å². The van der Waals surface area contributed by atoms with Crippen molar-refractivity contribution < 1.29 is 14.7 Å². The van der Waals surface area contributed by atoms with E-state index >= 15 is 0 Å². The maximum Gasteiger partial charge on any atom is 0.317 e. The molecule has 3 rings (SSSR count). The summed E-state index contributed by atoms with van der Waals surface area (Å²) in [6, 6.07) is -0.197. The Hall–Kier alpha value is -2.25. The van der Waals surface area contributed by atoms with Crippen LogP contribution in [0.15, 0.2) is 6.20 Å². The first kappa shape index (κ1) is 16.6. The topological polar surface area (TPSA) is 90.7 Å². The van der Waals surface area contributed by atoms with Crippen LogP contribution in [-0.4, -0.2) is 58.7 Å². The number of imidazole rings is 1. The van der Waals surface area contributed by atoms with Crippen LogP contribution in [0.25, 0.3) is 0 Å². The summed E-state index contributed by atoms with van der Waals surface area (Å²) >= 11 is 0. The number of hydrogen-bond donors (Lipinski definition) is 2. The van der Waals surface area contributed by atoms with Gasteiger partial charge in [-0.1, -0.05) is 6.42 Å². The van der Waals surface area contributed by atoms with Crippen molar-refractivity contribution in [2.75, 3.05) is 32.1 Å². The molecule has 1 aromatic heterocycles. The van der Waals surface area contributed by atoms with Crippen molar-refractivity contribution in [2.24, 2.45) is 18.4 Å². The minimum atomic E-state index is -0.762. The normalized spacial score (nSPS) is 25.6. The molecule has 1 saturated heterocycles. The molecule has 8 nitrogen and oxygen atoms in total. The third-order valence-electron chi connectivity index (χ3n) is 5.46. The first-order chi connectivity index (χ1) is 11.3. The minimum absolute atomic E-state index is 0.0813. The highest BCUT2D eigenvalue weighted by molar-refractivity contribution is 5.80. The van der Waals surface area contributed by atoms with Gasteiger partial charge in [-0.25, -0.2) is 9.78 Å². The van der Waals surface area contributed by atoms with Gasteiger partial charge in [-0.15, -0.1) is 0 Å². The Kier molecular flexibility index (Phi) is 4.15. The van der Waals surface area contributed by atoms with Crippen LogP contribution in [0.1, 0.15) is 25.0 Å². The third kappa shape index (κ3) is 2.59. The number of fused-ring (bicyclic) bond motifs is 1. The van der Waals surface area contributed by atoms with Crippen molar-refractivity contribution in [2.45, 2.75) is 25.8 Å². The summed E-state index contributed by atoms with van der Waals surface area (Å²) in [4.78, 5) is 32.0. The quantitative estimate of drug-likeness (QED) is 0.852. The highest BCUT2D eigenvalue weighted by Crippen LogP contribution is 2.48. The number of aromatic nitrogens is 2. The Morgan fingerprint density at radius 1 is 1.50 bits per heavy atom. The van der Waals surface area contributed by atoms with E-state index in [1.165, 1.54) is 0 Å². The van der Waals surface area contributed by atoms with Gasteiger partial charge in [0.15, 0.2) is 0 Å². The number of urea groups is 1. The van der Waals surface area contributed by atoms with Crippen molar-refractivity contribution in [3.05, 3.63) is 11.9 Å². The van der Waals surface area contributed by atoms with E-state index in [2.05, 4.69) is 10.3 Å². The highest BCUT2D eigenvalue weighted by atomic mass is 16.4. The summed E-state index contributed by atoms with van der Waals surface area (Å²) in [5.74, 6) is 0.139. The Bertz CT molecular complexity index is 656. The predicted molar refractivity (Wildman–Crippen MR) is 88.8 cm³/mol. The summed E-state index contributed by atoms with van der Waals surface area (Å²) in [5, 5.41) is 12.5. The van der Waals surface area contributed by atoms with Gasteiger partial charge in [0, 0.05) is 34.2 Å². The highest BCUT2D eigenvalue weighted by Gasteiger charge is 2.55. The average Bonchev–Trinajstić information content (AvgIpc) is 3.16. The number of hydrogen-bond acceptors (Lipinski definition) is 4. The number of aliphatic carboxylic acids is 1. The molecule has 24 heavy (non-hydrogen) atoms. The van der Waals surface area contributed by atoms with E-state index in [9.17, 15) is 14.7 Å². The molecular weight excluding hydrogens is 310 g/mol. The Balaban J connectivity index is 1.62. The van der Waals surface area contributed by atoms with Crippen LogP contribution in [-0.2, 0) is 18.4 Å². The van der Waals surface area contributed by atoms with Gasteiger partial charge < -0.3 is 24.8 Å². The van der Waals surface area contributed by atoms with Crippen molar-refractivity contribution in [1.29, 1.82) is 0 Å². The second-order valence-corrected chi connectivity index (χ2v) is 7.09. The molecule has 1 aliphatic carbocycles. The van der Waals surface area contributed by atoms with Gasteiger partial charge in [0.25, 0.3) is 0 Å². The number of anilines is 1. The lowest BCUT2D eigenvalue weighted by atomic mass is 9.81. The largest absolute Gasteiger partial charge is 0.481 e. The van der Waals surface area contributed by atoms with Crippen LogP contribution in [0.2, 0.25) is 0 Å². The van der Waals surface area contributed by atoms with E-state index < -0.39 is 11.4 Å². The Morgan fingerprint density at radius 3 is 2.83 bits per heavy atom. The zero-order chi connectivity index (χ0) is 17.5. The number of carbonyl (C=O) groups excluding carboxylic acids is 1. The molecule has 0 spiro atoms. The van der Waals surface area contributed by atoms with Gasteiger partial charge in [0.2, 0.25) is 5.95 Å². The number of likely N-dealkylation sites (tertiary alicyclic amines) is 1. The van der Waals surface area contributed by atoms with Gasteiger partial charge in [-0.3, -0.25) is 4.79 Å². The molecule has 0 radical (unpaired) electrons. The van der Waals surface area contributed by atoms with Crippen molar-refractivity contribution in [3.8, 4) is 0 Å². The molecule has 8 heteroatoms. The van der Waals surface area contributed by atoms with E-state index in [1.54, 1.807) is 11.1 Å². The molecule has 132 valence electrons. The van der Waals surface area contributed by atoms with Crippen LogP contribution in [0.4, 0.5) is 10.7 Å². The van der Waals surface area contributed by atoms with Gasteiger partial charge >= 0.3 is 12.0 Å². The molecule has 1 aliphatic heterocycles. The van der Waals surface area contributed by atoms with E-state index in [4.69, 9.17) is 0 Å². The summed E-state index contributed by atoms with van der Waals surface area (Å²) < 4.78 is 1.93. The number of carboxylic acids is 1. The third-order valence-corrected chi connectivity index (χ3v) is 5.46. The van der Waals surface area contributed by atoms with E-state index in [-0.39, 0.29) is 11.9 Å². The first-order valence-electron chi connectivity index (χ1n) is 8.29. The maximum atomic E-state index is 12.4. The molecule has 2 aliphatic rings. The smallest absolute Gasteiger partial charge is 0.317 e. The molecule has 2 heterocycles. The molecule has 2 N–H and O–H groups in total. The van der Waals surface area contributed by atoms with Crippen LogP contribution in [0.5, 0.6) is 0 Å². The first-order valence-corrected chi connectivity index (χ1v) is 8.29. The fourth-order valence-electron chi connectivity index (χ4n) is 4.09. The summed E-state index contributed by atoms with van der Waals surface area (Å²) in [7, 11) is 5.74. The van der Waals surface area contributed by atoms with Crippen molar-refractivity contribution in [3.63, 3.8) is 0 Å². The number of carboxylic acid groups (broad SMARTS) is 1. The number of nitrogens with one attached hydrogen (secondary N) is 1. The molecule has 0 aromatic carbocycles. The zero-order valence-corrected chi connectivity index (χ0v) is 14.4. The van der Waals surface area contributed by atoms with Crippen molar-refractivity contribution >= 4 is 17.9 Å². The zero-order valence-electron chi connectivity index (χ0n) is 14.4. The summed E-state index contributed by atoms with van der Waals surface area (Å²) in [5.41, 5.74) is 0.168. The van der Waals surface area contributed by atoms with E-state index in [0.29, 0.717) is 26.1 Å². The van der Waals surface area contributed by atoms with Crippen LogP contribution >= 0.6 is 0 Å². The molecule has 2 fully saturated rings. The van der Waals surface area contributed by atoms with E-state index in [1.807, 2.05) is 30.6 Å². The van der Waals surface area contributed by atoms with Gasteiger partial charge in [0.1, 0.15) is 0 Å². The second kappa shape index (κ2) is 5.99. The SMILES string of the molecule is CN(C)c1ncc(CNC(=O)N2C[C@@H]3CCC[C@@]3(C(=O)O)C2)n1C. The molecular formula is C16H25N5O3. The monoisotopic (exact) mass is 335 g/mol. The Labute approximate surface area is 141 Å². The predicted octanol–water partition coefficient (Wildman–Crippen LogP) is 0.882. The van der Waals surface area contributed by atoms with E-state index in [0.717, 1.165) is 24.5 Å². The number of nitrogens with zero attached hydrogens (tertiary/aromatic N) is 4. The van der Waals surface area contributed by atoms with Gasteiger partial charge in [-0.05, 0) is 18.8 Å². The molecule has 1 aromatic rings. The lowest BCUT2D eigenvalue weighted by Crippen LogP contribution is -2.41. The Morgan fingerprint density at radius 2 is 2.25 bits per heavy atom. The number of rotatable bonds is 4. The fraction of sp³-hybridized carbons (Fsp3) is 0.688. The summed E-state index contributed by atoms with van der Waals surface area (Å²) in [6.45, 7) is 1.22. The van der Waals surface area contributed by atoms with Gasteiger partial charge in [0.05, 0.1) is 23.9 Å². The van der Waals surface area contributed by atoms with Gasteiger partial charge in [-0.2, -0.15) is 0 Å². The molecule has 0 unspecified atom stereocenters.